The van der Waals surface area contributed by atoms with E-state index in [9.17, 15) is 0 Å². The molecule has 0 amide bonds. The number of hydrogen-bond donors (Lipinski definition) is 0. The lowest BCUT2D eigenvalue weighted by Crippen LogP contribution is -2.20. The maximum absolute atomic E-state index is 6.22. The monoisotopic (exact) mass is 393 g/mol. The molecule has 2 aliphatic carbocycles. The molecule has 0 saturated heterocycles. The van der Waals surface area contributed by atoms with Crippen LogP contribution in [0.15, 0.2) is 18.3 Å². The highest BCUT2D eigenvalue weighted by Gasteiger charge is 2.28. The third-order valence-corrected chi connectivity index (χ3v) is 6.01. The summed E-state index contributed by atoms with van der Waals surface area (Å²) in [4.78, 5) is 4.80. The van der Waals surface area contributed by atoms with Crippen LogP contribution in [0.5, 0.6) is 5.75 Å². The zero-order chi connectivity index (χ0) is 19.8. The van der Waals surface area contributed by atoms with Crippen molar-refractivity contribution in [3.8, 4) is 17.1 Å². The van der Waals surface area contributed by atoms with Gasteiger partial charge in [0, 0.05) is 13.0 Å². The maximum Gasteiger partial charge on any atom is 0.140 e. The van der Waals surface area contributed by atoms with Gasteiger partial charge >= 0.3 is 0 Å². The van der Waals surface area contributed by atoms with Crippen LogP contribution in [0.25, 0.3) is 11.4 Å². The van der Waals surface area contributed by atoms with Crippen molar-refractivity contribution in [1.82, 2.24) is 35.0 Å². The zero-order valence-electron chi connectivity index (χ0n) is 17.1. The highest BCUT2D eigenvalue weighted by Crippen LogP contribution is 2.39. The number of pyridine rings is 1. The van der Waals surface area contributed by atoms with Crippen LogP contribution >= 0.6 is 0 Å². The van der Waals surface area contributed by atoms with Gasteiger partial charge in [-0.1, -0.05) is 16.8 Å². The summed E-state index contributed by atoms with van der Waals surface area (Å²) in [5.74, 6) is 1.46. The van der Waals surface area contributed by atoms with Crippen LogP contribution in [-0.2, 0) is 13.6 Å². The molecule has 2 saturated carbocycles. The Kier molecular flexibility index (Phi) is 4.77. The molecule has 0 aliphatic heterocycles. The van der Waals surface area contributed by atoms with Crippen molar-refractivity contribution in [2.24, 2.45) is 7.05 Å². The summed E-state index contributed by atoms with van der Waals surface area (Å²) in [5.41, 5.74) is 4.67. The van der Waals surface area contributed by atoms with E-state index < -0.39 is 0 Å². The molecule has 0 spiro atoms. The summed E-state index contributed by atoms with van der Waals surface area (Å²) in [6, 6.07) is 4.01. The van der Waals surface area contributed by atoms with Crippen molar-refractivity contribution in [2.45, 2.75) is 70.4 Å². The van der Waals surface area contributed by atoms with Gasteiger partial charge in [0.05, 0.1) is 41.6 Å². The Bertz CT molecular complexity index is 998. The Morgan fingerprint density at radius 3 is 2.66 bits per heavy atom. The van der Waals surface area contributed by atoms with Crippen molar-refractivity contribution in [3.63, 3.8) is 0 Å². The lowest BCUT2D eigenvalue weighted by molar-refractivity contribution is 0.153. The Hall–Kier alpha value is -2.77. The summed E-state index contributed by atoms with van der Waals surface area (Å²) < 4.78 is 9.99. The molecule has 0 aromatic carbocycles. The molecule has 152 valence electrons. The number of ether oxygens (including phenoxy) is 1. The van der Waals surface area contributed by atoms with Crippen LogP contribution in [0.2, 0.25) is 0 Å². The van der Waals surface area contributed by atoms with Gasteiger partial charge in [-0.3, -0.25) is 0 Å². The van der Waals surface area contributed by atoms with Crippen LogP contribution in [0, 0.1) is 6.92 Å². The summed E-state index contributed by atoms with van der Waals surface area (Å²) >= 11 is 0. The molecule has 2 fully saturated rings. The lowest BCUT2D eigenvalue weighted by Gasteiger charge is -2.23. The van der Waals surface area contributed by atoms with Crippen LogP contribution < -0.4 is 4.74 Å². The largest absolute Gasteiger partial charge is 0.489 e. The molecule has 0 N–H and O–H groups in total. The molecule has 3 aromatic heterocycles. The Balaban J connectivity index is 1.39. The van der Waals surface area contributed by atoms with Crippen molar-refractivity contribution in [2.75, 3.05) is 0 Å². The van der Waals surface area contributed by atoms with Gasteiger partial charge in [0.25, 0.3) is 0 Å². The zero-order valence-corrected chi connectivity index (χ0v) is 17.1. The average molecular weight is 393 g/mol. The van der Waals surface area contributed by atoms with Crippen molar-refractivity contribution in [1.29, 1.82) is 0 Å². The first kappa shape index (κ1) is 18.3. The topological polar surface area (TPSA) is 83.5 Å². The summed E-state index contributed by atoms with van der Waals surface area (Å²) in [6.07, 6.45) is 10.7. The quantitative estimate of drug-likeness (QED) is 0.638. The van der Waals surface area contributed by atoms with E-state index in [0.717, 1.165) is 41.4 Å². The normalized spacial score (nSPS) is 17.6. The first-order valence-electron chi connectivity index (χ1n) is 10.6. The minimum Gasteiger partial charge on any atom is -0.489 e. The van der Waals surface area contributed by atoms with E-state index in [0.29, 0.717) is 18.6 Å². The van der Waals surface area contributed by atoms with E-state index in [1.807, 2.05) is 37.0 Å². The molecule has 3 heterocycles. The number of hydrogen-bond acceptors (Lipinski definition) is 6. The van der Waals surface area contributed by atoms with Gasteiger partial charge in [0.15, 0.2) is 0 Å². The first-order valence-corrected chi connectivity index (χ1v) is 10.6. The Labute approximate surface area is 170 Å². The molecule has 5 rings (SSSR count). The molecule has 0 unspecified atom stereocenters. The average Bonchev–Trinajstić information content (AvgIpc) is 3.37. The van der Waals surface area contributed by atoms with E-state index >= 15 is 0 Å². The smallest absolute Gasteiger partial charge is 0.140 e. The molecule has 0 radical (unpaired) electrons. The van der Waals surface area contributed by atoms with E-state index in [-0.39, 0.29) is 0 Å². The molecule has 8 heteroatoms. The van der Waals surface area contributed by atoms with Crippen LogP contribution in [-0.4, -0.2) is 41.1 Å². The van der Waals surface area contributed by atoms with Gasteiger partial charge in [-0.2, -0.15) is 0 Å². The molecule has 8 nitrogen and oxygen atoms in total. The summed E-state index contributed by atoms with van der Waals surface area (Å²) in [5, 5.41) is 17.0. The predicted octanol–water partition coefficient (Wildman–Crippen LogP) is 3.41. The fourth-order valence-corrected chi connectivity index (χ4v) is 4.15. The fourth-order valence-electron chi connectivity index (χ4n) is 4.15. The Morgan fingerprint density at radius 2 is 1.90 bits per heavy atom. The van der Waals surface area contributed by atoms with Gasteiger partial charge in [-0.05, 0) is 57.6 Å². The minimum atomic E-state index is 0.315. The number of aryl methyl sites for hydroxylation is 2. The highest BCUT2D eigenvalue weighted by atomic mass is 16.5. The molecular weight excluding hydrogens is 366 g/mol. The van der Waals surface area contributed by atoms with Crippen LogP contribution in [0.3, 0.4) is 0 Å². The second kappa shape index (κ2) is 7.57. The Morgan fingerprint density at radius 1 is 1.07 bits per heavy atom. The maximum atomic E-state index is 6.22. The van der Waals surface area contributed by atoms with E-state index in [1.165, 1.54) is 37.8 Å². The summed E-state index contributed by atoms with van der Waals surface area (Å²) in [6.45, 7) is 2.59. The van der Waals surface area contributed by atoms with Gasteiger partial charge in [-0.15, -0.1) is 10.2 Å². The SMILES string of the molecule is Cc1nc(-c2nnn(C)c2Cn2nncc2C2CC2)ccc1OC1CCCCC1. The number of rotatable bonds is 6. The van der Waals surface area contributed by atoms with Crippen molar-refractivity contribution in [3.05, 3.63) is 35.4 Å². The predicted molar refractivity (Wildman–Crippen MR) is 108 cm³/mol. The molecule has 0 atom stereocenters. The van der Waals surface area contributed by atoms with Crippen molar-refractivity contribution < 1.29 is 4.74 Å². The first-order chi connectivity index (χ1) is 14.2. The second-order valence-electron chi connectivity index (χ2n) is 8.26. The lowest BCUT2D eigenvalue weighted by atomic mass is 9.98. The molecule has 0 bridgehead atoms. The van der Waals surface area contributed by atoms with Gasteiger partial charge in [0.2, 0.25) is 0 Å². The number of nitrogens with zero attached hydrogens (tertiary/aromatic N) is 7. The fraction of sp³-hybridized carbons (Fsp3) is 0.571. The standard InChI is InChI=1S/C21H27N7O/c1-14-20(29-16-6-4-3-5-7-16)11-10-17(23-14)21-19(27(2)26-24-21)13-28-18(12-22-25-28)15-8-9-15/h10-12,15-16H,3-9,13H2,1-2H3. The second-order valence-corrected chi connectivity index (χ2v) is 8.26. The van der Waals surface area contributed by atoms with Gasteiger partial charge < -0.3 is 4.74 Å². The molecule has 2 aliphatic rings. The molecule has 3 aromatic rings. The summed E-state index contributed by atoms with van der Waals surface area (Å²) in [7, 11) is 1.91. The van der Waals surface area contributed by atoms with Crippen LogP contribution in [0.4, 0.5) is 0 Å². The minimum absolute atomic E-state index is 0.315. The van der Waals surface area contributed by atoms with Gasteiger partial charge in [-0.25, -0.2) is 14.3 Å². The van der Waals surface area contributed by atoms with E-state index in [2.05, 4.69) is 20.6 Å². The third-order valence-electron chi connectivity index (χ3n) is 6.01. The van der Waals surface area contributed by atoms with Crippen LogP contribution in [0.1, 0.15) is 67.9 Å². The molecule has 29 heavy (non-hydrogen) atoms. The highest BCUT2D eigenvalue weighted by molar-refractivity contribution is 5.58. The number of aromatic nitrogens is 7. The van der Waals surface area contributed by atoms with Crippen molar-refractivity contribution >= 4 is 0 Å². The van der Waals surface area contributed by atoms with Gasteiger partial charge in [0.1, 0.15) is 11.4 Å². The van der Waals surface area contributed by atoms with E-state index in [1.54, 1.807) is 4.68 Å². The molecular formula is C21H27N7O. The van der Waals surface area contributed by atoms with E-state index in [4.69, 9.17) is 9.72 Å². The third kappa shape index (κ3) is 3.75.